The van der Waals surface area contributed by atoms with Gasteiger partial charge in [0.25, 0.3) is 0 Å². The van der Waals surface area contributed by atoms with Gasteiger partial charge in [0.15, 0.2) is 0 Å². The van der Waals surface area contributed by atoms with Crippen LogP contribution >= 0.6 is 0 Å². The minimum absolute atomic E-state index is 0.442. The van der Waals surface area contributed by atoms with Crippen LogP contribution in [0.3, 0.4) is 0 Å². The summed E-state index contributed by atoms with van der Waals surface area (Å²) in [6.45, 7) is 6.91. The minimum Gasteiger partial charge on any atom is -0.398 e. The topological polar surface area (TPSA) is 110 Å². The van der Waals surface area contributed by atoms with E-state index in [9.17, 15) is 0 Å². The van der Waals surface area contributed by atoms with Crippen LogP contribution in [0.25, 0.3) is 0 Å². The molecule has 6 heteroatoms. The Labute approximate surface area is 91.9 Å². The maximum Gasteiger partial charge on any atom is 0.136 e. The normalized spacial score (nSPS) is 10.3. The summed E-state index contributed by atoms with van der Waals surface area (Å²) in [5, 5.41) is 9.82. The van der Waals surface area contributed by atoms with Gasteiger partial charge in [0, 0.05) is 12.8 Å². The molecule has 0 fully saturated rings. The van der Waals surface area contributed by atoms with Gasteiger partial charge >= 0.3 is 0 Å². The second kappa shape index (κ2) is 14.9. The smallest absolute Gasteiger partial charge is 0.136 e. The van der Waals surface area contributed by atoms with Gasteiger partial charge in [0.1, 0.15) is 12.9 Å². The largest absolute Gasteiger partial charge is 0.398 e. The van der Waals surface area contributed by atoms with Crippen molar-refractivity contribution in [1.82, 2.24) is 0 Å². The Balaban J connectivity index is -0.000000147. The standard InChI is InChI=1S/C3H8N2O.C3H8N2.C3H7N/c1-3(4)5-6-2;1-3(4)5-2;1-3(2)4/h1-2H3,(H2,4,5);1-2H3,(H2,4,5);4H,1-2H3. The molecule has 6 nitrogen and oxygen atoms in total. The van der Waals surface area contributed by atoms with Crippen molar-refractivity contribution in [2.24, 2.45) is 21.6 Å². The number of oxime groups is 1. The molecule has 0 aromatic rings. The van der Waals surface area contributed by atoms with E-state index in [2.05, 4.69) is 15.0 Å². The number of aliphatic imine (C=N–C) groups is 1. The Bertz CT molecular complexity index is 199. The van der Waals surface area contributed by atoms with Gasteiger partial charge in [0.2, 0.25) is 0 Å². The van der Waals surface area contributed by atoms with Gasteiger partial charge in [-0.15, -0.1) is 0 Å². The van der Waals surface area contributed by atoms with Gasteiger partial charge < -0.3 is 21.7 Å². The Hall–Kier alpha value is -1.59. The number of nitrogens with one attached hydrogen (secondary N) is 1. The van der Waals surface area contributed by atoms with E-state index in [1.54, 1.807) is 34.7 Å². The van der Waals surface area contributed by atoms with Gasteiger partial charge in [-0.2, -0.15) is 0 Å². The lowest BCUT2D eigenvalue weighted by Crippen LogP contribution is -2.04. The Morgan fingerprint density at radius 3 is 1.33 bits per heavy atom. The number of rotatable bonds is 1. The summed E-state index contributed by atoms with van der Waals surface area (Å²) < 4.78 is 0. The first-order valence-electron chi connectivity index (χ1n) is 4.31. The van der Waals surface area contributed by atoms with Crippen molar-refractivity contribution >= 4 is 17.4 Å². The summed E-state index contributed by atoms with van der Waals surface area (Å²) in [5.74, 6) is 1.07. The molecule has 0 rings (SSSR count). The van der Waals surface area contributed by atoms with Crippen molar-refractivity contribution < 1.29 is 4.84 Å². The predicted octanol–water partition coefficient (Wildman–Crippen LogP) is 0.964. The lowest BCUT2D eigenvalue weighted by atomic mass is 10.5. The zero-order valence-electron chi connectivity index (χ0n) is 10.5. The fraction of sp³-hybridized carbons (Fsp3) is 0.667. The highest BCUT2D eigenvalue weighted by Crippen LogP contribution is 1.63. The summed E-state index contributed by atoms with van der Waals surface area (Å²) in [6, 6.07) is 0. The molecule has 0 amide bonds. The summed E-state index contributed by atoms with van der Waals surface area (Å²) in [7, 11) is 3.12. The van der Waals surface area contributed by atoms with E-state index in [0.29, 0.717) is 17.4 Å². The van der Waals surface area contributed by atoms with E-state index >= 15 is 0 Å². The fourth-order valence-electron chi connectivity index (χ4n) is 0.144. The molecule has 0 aliphatic carbocycles. The first kappa shape index (κ1) is 19.1. The predicted molar refractivity (Wildman–Crippen MR) is 66.6 cm³/mol. The number of amidine groups is 2. The van der Waals surface area contributed by atoms with Crippen molar-refractivity contribution in [3.05, 3.63) is 0 Å². The third kappa shape index (κ3) is 116. The Morgan fingerprint density at radius 2 is 1.33 bits per heavy atom. The molecule has 0 aliphatic rings. The van der Waals surface area contributed by atoms with Crippen LogP contribution in [0.4, 0.5) is 0 Å². The molecule has 0 saturated carbocycles. The number of hydrogen-bond acceptors (Lipinski definition) is 4. The van der Waals surface area contributed by atoms with Gasteiger partial charge in [-0.25, -0.2) is 0 Å². The summed E-state index contributed by atoms with van der Waals surface area (Å²) in [4.78, 5) is 7.85. The van der Waals surface area contributed by atoms with Crippen molar-refractivity contribution in [3.8, 4) is 0 Å². The molecule has 0 aromatic heterocycles. The van der Waals surface area contributed by atoms with Crippen LogP contribution in [0.2, 0.25) is 0 Å². The quantitative estimate of drug-likeness (QED) is 0.345. The van der Waals surface area contributed by atoms with E-state index in [0.717, 1.165) is 0 Å². The maximum atomic E-state index is 6.50. The first-order chi connectivity index (χ1) is 6.77. The highest BCUT2D eigenvalue weighted by Gasteiger charge is 1.69. The van der Waals surface area contributed by atoms with E-state index in [-0.39, 0.29) is 0 Å². The lowest BCUT2D eigenvalue weighted by molar-refractivity contribution is 0.213. The monoisotopic (exact) mass is 217 g/mol. The second-order valence-corrected chi connectivity index (χ2v) is 2.78. The average Bonchev–Trinajstić information content (AvgIpc) is 2.03. The highest BCUT2D eigenvalue weighted by atomic mass is 16.6. The van der Waals surface area contributed by atoms with Crippen LogP contribution in [0.5, 0.6) is 0 Å². The van der Waals surface area contributed by atoms with Crippen LogP contribution in [0.1, 0.15) is 27.7 Å². The molecular weight excluding hydrogens is 194 g/mol. The van der Waals surface area contributed by atoms with Gasteiger partial charge in [0.05, 0.1) is 5.84 Å². The zero-order valence-corrected chi connectivity index (χ0v) is 10.5. The van der Waals surface area contributed by atoms with Crippen molar-refractivity contribution in [2.75, 3.05) is 14.2 Å². The number of nitrogens with two attached hydrogens (primary N) is 2. The molecule has 5 N–H and O–H groups in total. The fourth-order valence-corrected chi connectivity index (χ4v) is 0.144. The molecule has 0 aromatic carbocycles. The molecule has 0 atom stereocenters. The lowest BCUT2D eigenvalue weighted by Gasteiger charge is -1.83. The van der Waals surface area contributed by atoms with E-state index in [1.807, 2.05) is 0 Å². The second-order valence-electron chi connectivity index (χ2n) is 2.78. The molecule has 0 bridgehead atoms. The maximum absolute atomic E-state index is 6.50. The molecule has 0 saturated heterocycles. The molecule has 0 spiro atoms. The Kier molecular flexibility index (Phi) is 18.9. The van der Waals surface area contributed by atoms with Crippen molar-refractivity contribution in [2.45, 2.75) is 27.7 Å². The third-order valence-electron chi connectivity index (χ3n) is 0.588. The number of hydrogen-bond donors (Lipinski definition) is 3. The number of nitrogens with zero attached hydrogens (tertiary/aromatic N) is 2. The molecule has 90 valence electrons. The van der Waals surface area contributed by atoms with Crippen LogP contribution < -0.4 is 11.5 Å². The SMILES string of the molecule is CC(C)=N.CN=C(C)N.CON=C(C)N. The minimum atomic E-state index is 0.442. The molecule has 0 radical (unpaired) electrons. The van der Waals surface area contributed by atoms with Crippen LogP contribution in [-0.2, 0) is 4.84 Å². The third-order valence-corrected chi connectivity index (χ3v) is 0.588. The molecule has 0 unspecified atom stereocenters. The van der Waals surface area contributed by atoms with E-state index < -0.39 is 0 Å². The molecular formula is C9H23N5O. The van der Waals surface area contributed by atoms with Crippen LogP contribution in [0, 0.1) is 5.41 Å². The Morgan fingerprint density at radius 1 is 1.07 bits per heavy atom. The van der Waals surface area contributed by atoms with Crippen LogP contribution in [-0.4, -0.2) is 31.5 Å². The zero-order chi connectivity index (χ0) is 12.9. The van der Waals surface area contributed by atoms with E-state index in [4.69, 9.17) is 16.9 Å². The molecule has 0 heterocycles. The van der Waals surface area contributed by atoms with Crippen LogP contribution in [0.15, 0.2) is 10.1 Å². The van der Waals surface area contributed by atoms with E-state index in [1.165, 1.54) is 7.11 Å². The molecule has 15 heavy (non-hydrogen) atoms. The van der Waals surface area contributed by atoms with Crippen molar-refractivity contribution in [1.29, 1.82) is 5.41 Å². The molecule has 0 aliphatic heterocycles. The summed E-state index contributed by atoms with van der Waals surface area (Å²) in [5.41, 5.74) is 10.7. The van der Waals surface area contributed by atoms with Gasteiger partial charge in [-0.1, -0.05) is 5.16 Å². The van der Waals surface area contributed by atoms with Crippen molar-refractivity contribution in [3.63, 3.8) is 0 Å². The summed E-state index contributed by atoms with van der Waals surface area (Å²) in [6.07, 6.45) is 0. The van der Waals surface area contributed by atoms with Gasteiger partial charge in [-0.05, 0) is 27.7 Å². The highest BCUT2D eigenvalue weighted by molar-refractivity contribution is 5.77. The summed E-state index contributed by atoms with van der Waals surface area (Å²) >= 11 is 0. The van der Waals surface area contributed by atoms with Gasteiger partial charge in [-0.3, -0.25) is 4.99 Å². The average molecular weight is 217 g/mol. The first-order valence-corrected chi connectivity index (χ1v) is 4.31.